The fourth-order valence-corrected chi connectivity index (χ4v) is 9.60. The highest BCUT2D eigenvalue weighted by atomic mass is 32.1. The molecule has 0 fully saturated rings. The molecule has 0 radical (unpaired) electrons. The number of fused-ring (bicyclic) bond motifs is 6. The number of benzene rings is 7. The predicted molar refractivity (Wildman–Crippen MR) is 244 cm³/mol. The fourth-order valence-electron chi connectivity index (χ4n) is 8.44. The smallest absolute Gasteiger partial charge is 0.235 e. The molecule has 0 aliphatic carbocycles. The predicted octanol–water partition coefficient (Wildman–Crippen LogP) is 14.3. The summed E-state index contributed by atoms with van der Waals surface area (Å²) in [5, 5.41) is 4.84. The van der Waals surface area contributed by atoms with Crippen LogP contribution < -0.4 is 0 Å². The van der Waals surface area contributed by atoms with E-state index in [1.54, 1.807) is 0 Å². The molecule has 0 saturated carbocycles. The Labute approximate surface area is 340 Å². The molecule has 11 aromatic rings. The number of nitrogens with zero attached hydrogens (tertiary/aromatic N) is 4. The van der Waals surface area contributed by atoms with Crippen molar-refractivity contribution in [2.45, 2.75) is 13.8 Å². The summed E-state index contributed by atoms with van der Waals surface area (Å²) in [5.41, 5.74) is 15.4. The summed E-state index contributed by atoms with van der Waals surface area (Å²) in [6, 6.07) is 62.9. The Balaban J connectivity index is 1.17. The Hall–Kier alpha value is -7.21. The van der Waals surface area contributed by atoms with Crippen LogP contribution in [0.15, 0.2) is 182 Å². The number of aromatic nitrogens is 4. The highest BCUT2D eigenvalue weighted by Gasteiger charge is 2.20. The van der Waals surface area contributed by atoms with Crippen LogP contribution in [-0.2, 0) is 0 Å². The van der Waals surface area contributed by atoms with Crippen LogP contribution in [0.5, 0.6) is 0 Å². The number of rotatable bonds is 6. The Morgan fingerprint density at radius 3 is 1.72 bits per heavy atom. The lowest BCUT2D eigenvalue weighted by atomic mass is 9.98. The van der Waals surface area contributed by atoms with Crippen molar-refractivity contribution in [1.29, 1.82) is 0 Å². The van der Waals surface area contributed by atoms with Crippen molar-refractivity contribution in [3.8, 4) is 62.0 Å². The lowest BCUT2D eigenvalue weighted by Gasteiger charge is -2.12. The quantitative estimate of drug-likeness (QED) is 0.169. The molecule has 0 N–H and O–H groups in total. The van der Waals surface area contributed by atoms with Gasteiger partial charge in [-0.25, -0.2) is 9.97 Å². The second-order valence-electron chi connectivity index (χ2n) is 15.1. The molecule has 5 heteroatoms. The van der Waals surface area contributed by atoms with E-state index < -0.39 is 0 Å². The van der Waals surface area contributed by atoms with Gasteiger partial charge in [-0.05, 0) is 90.7 Å². The van der Waals surface area contributed by atoms with Crippen molar-refractivity contribution in [1.82, 2.24) is 19.5 Å². The molecular weight excluding hydrogens is 725 g/mol. The van der Waals surface area contributed by atoms with Crippen LogP contribution >= 0.6 is 11.3 Å². The van der Waals surface area contributed by atoms with Crippen LogP contribution in [0.3, 0.4) is 0 Å². The topological polar surface area (TPSA) is 43.6 Å². The minimum Gasteiger partial charge on any atom is -0.278 e. The summed E-state index contributed by atoms with van der Waals surface area (Å²) in [7, 11) is 0. The van der Waals surface area contributed by atoms with Gasteiger partial charge in [0.05, 0.1) is 28.1 Å². The van der Waals surface area contributed by atoms with Gasteiger partial charge in [-0.15, -0.1) is 11.3 Å². The second kappa shape index (κ2) is 13.8. The first kappa shape index (κ1) is 34.1. The lowest BCUT2D eigenvalue weighted by molar-refractivity contribution is 0.996. The molecule has 7 aromatic carbocycles. The van der Waals surface area contributed by atoms with E-state index >= 15 is 0 Å². The third kappa shape index (κ3) is 5.96. The van der Waals surface area contributed by atoms with E-state index in [2.05, 4.69) is 175 Å². The van der Waals surface area contributed by atoms with Gasteiger partial charge < -0.3 is 0 Å². The van der Waals surface area contributed by atoms with Crippen molar-refractivity contribution in [2.75, 3.05) is 0 Å². The van der Waals surface area contributed by atoms with Gasteiger partial charge in [0.25, 0.3) is 0 Å². The van der Waals surface area contributed by atoms with E-state index in [1.165, 1.54) is 47.8 Å². The molecule has 11 rings (SSSR count). The summed E-state index contributed by atoms with van der Waals surface area (Å²) in [6.07, 6.45) is 1.85. The number of pyridine rings is 1. The molecule has 0 aliphatic heterocycles. The Morgan fingerprint density at radius 2 is 1.00 bits per heavy atom. The highest BCUT2D eigenvalue weighted by Crippen LogP contribution is 2.43. The van der Waals surface area contributed by atoms with Gasteiger partial charge in [0.1, 0.15) is 0 Å². The average Bonchev–Trinajstić information content (AvgIpc) is 3.79. The van der Waals surface area contributed by atoms with E-state index in [1.807, 2.05) is 41.8 Å². The van der Waals surface area contributed by atoms with E-state index in [0.717, 1.165) is 61.3 Å². The van der Waals surface area contributed by atoms with Crippen molar-refractivity contribution < 1.29 is 0 Å². The van der Waals surface area contributed by atoms with Crippen LogP contribution in [0.25, 0.3) is 104 Å². The first-order valence-corrected chi connectivity index (χ1v) is 20.4. The SMILES string of the molecule is Cc1cc(C)cc(-c2ccc3c(c2)sc2cc4c(cc23)c2cc(-c3cccc(-c5ccccn5)c3)ccc2n4-c2nc(-c3ccccc3)cc(-c3ccccc3)n2)c1. The molecule has 4 nitrogen and oxygen atoms in total. The summed E-state index contributed by atoms with van der Waals surface area (Å²) in [5.74, 6) is 0.641. The van der Waals surface area contributed by atoms with Crippen LogP contribution in [0.2, 0.25) is 0 Å². The molecule has 0 amide bonds. The largest absolute Gasteiger partial charge is 0.278 e. The molecule has 0 aliphatic rings. The number of aryl methyl sites for hydroxylation is 2. The van der Waals surface area contributed by atoms with Crippen LogP contribution in [0, 0.1) is 13.8 Å². The maximum atomic E-state index is 5.33. The third-order valence-electron chi connectivity index (χ3n) is 11.1. The number of thiophene rings is 1. The zero-order chi connectivity index (χ0) is 38.7. The van der Waals surface area contributed by atoms with Crippen LogP contribution in [0.1, 0.15) is 11.1 Å². The molecule has 58 heavy (non-hydrogen) atoms. The Morgan fingerprint density at radius 1 is 0.379 bits per heavy atom. The monoisotopic (exact) mass is 760 g/mol. The van der Waals surface area contributed by atoms with Crippen LogP contribution in [0.4, 0.5) is 0 Å². The molecule has 0 bridgehead atoms. The molecule has 0 saturated heterocycles. The highest BCUT2D eigenvalue weighted by molar-refractivity contribution is 7.25. The zero-order valence-corrected chi connectivity index (χ0v) is 32.8. The van der Waals surface area contributed by atoms with E-state index in [-0.39, 0.29) is 0 Å². The van der Waals surface area contributed by atoms with E-state index in [0.29, 0.717) is 5.95 Å². The molecule has 0 atom stereocenters. The number of hydrogen-bond donors (Lipinski definition) is 0. The molecule has 4 heterocycles. The van der Waals surface area contributed by atoms with E-state index in [9.17, 15) is 0 Å². The second-order valence-corrected chi connectivity index (χ2v) is 16.2. The minimum atomic E-state index is 0.641. The van der Waals surface area contributed by atoms with Crippen molar-refractivity contribution in [3.63, 3.8) is 0 Å². The van der Waals surface area contributed by atoms with Gasteiger partial charge in [-0.2, -0.15) is 0 Å². The fraction of sp³-hybridized carbons (Fsp3) is 0.0377. The molecule has 0 unspecified atom stereocenters. The lowest BCUT2D eigenvalue weighted by Crippen LogP contribution is -2.04. The minimum absolute atomic E-state index is 0.641. The van der Waals surface area contributed by atoms with Gasteiger partial charge in [0.2, 0.25) is 5.95 Å². The summed E-state index contributed by atoms with van der Waals surface area (Å²) in [4.78, 5) is 15.3. The first-order chi connectivity index (χ1) is 28.5. The maximum absolute atomic E-state index is 5.33. The summed E-state index contributed by atoms with van der Waals surface area (Å²) in [6.45, 7) is 4.34. The van der Waals surface area contributed by atoms with Gasteiger partial charge in [-0.3, -0.25) is 9.55 Å². The van der Waals surface area contributed by atoms with Gasteiger partial charge in [0.15, 0.2) is 0 Å². The third-order valence-corrected chi connectivity index (χ3v) is 12.2. The molecule has 0 spiro atoms. The molecule has 274 valence electrons. The molecule has 4 aromatic heterocycles. The summed E-state index contributed by atoms with van der Waals surface area (Å²) >= 11 is 1.85. The van der Waals surface area contributed by atoms with E-state index in [4.69, 9.17) is 9.97 Å². The standard InChI is InChI=1S/C53H36N4S/c1-33-24-34(2)26-41(25-33)39-19-21-42-45-30-44-43-28-38(37-16-11-17-40(27-37)46-18-9-10-23-54-46)20-22-49(43)57(50(44)32-52(45)58-51(42)29-39)53-55-47(35-12-5-3-6-13-35)31-48(56-53)36-14-7-4-8-15-36/h3-32H,1-2H3. The van der Waals surface area contributed by atoms with Crippen molar-refractivity contribution in [3.05, 3.63) is 193 Å². The number of hydrogen-bond acceptors (Lipinski definition) is 4. The Bertz CT molecular complexity index is 3270. The van der Waals surface area contributed by atoms with Gasteiger partial charge in [-0.1, -0.05) is 132 Å². The maximum Gasteiger partial charge on any atom is 0.235 e. The van der Waals surface area contributed by atoms with Crippen molar-refractivity contribution in [2.24, 2.45) is 0 Å². The van der Waals surface area contributed by atoms with Crippen molar-refractivity contribution >= 4 is 53.3 Å². The summed E-state index contributed by atoms with van der Waals surface area (Å²) < 4.78 is 4.77. The first-order valence-electron chi connectivity index (χ1n) is 19.6. The van der Waals surface area contributed by atoms with Gasteiger partial charge in [0, 0.05) is 53.8 Å². The van der Waals surface area contributed by atoms with Crippen LogP contribution in [-0.4, -0.2) is 19.5 Å². The normalized spacial score (nSPS) is 11.6. The zero-order valence-electron chi connectivity index (χ0n) is 32.0. The average molecular weight is 761 g/mol. The molecular formula is C53H36N4S. The Kier molecular flexibility index (Phi) is 8.09. The van der Waals surface area contributed by atoms with Gasteiger partial charge >= 0.3 is 0 Å².